The van der Waals surface area contributed by atoms with Crippen LogP contribution in [0.5, 0.6) is 0 Å². The van der Waals surface area contributed by atoms with Gasteiger partial charge in [-0.05, 0) is 101 Å². The van der Waals surface area contributed by atoms with E-state index in [1.165, 1.54) is 6.07 Å². The minimum absolute atomic E-state index is 0.0130. The molecule has 0 atom stereocenters. The van der Waals surface area contributed by atoms with Gasteiger partial charge in [-0.25, -0.2) is 4.98 Å². The average Bonchev–Trinajstić information content (AvgIpc) is 3.85. The highest BCUT2D eigenvalue weighted by Crippen LogP contribution is 2.42. The van der Waals surface area contributed by atoms with Crippen LogP contribution in [-0.4, -0.2) is 24.1 Å². The number of benzene rings is 8. The van der Waals surface area contributed by atoms with E-state index in [9.17, 15) is 23.7 Å². The van der Waals surface area contributed by atoms with Crippen LogP contribution in [0, 0.1) is 22.7 Å². The molecule has 64 heavy (non-hydrogen) atoms. The molecule has 3 heterocycles. The summed E-state index contributed by atoms with van der Waals surface area (Å²) >= 11 is 0. The Balaban J connectivity index is 1.22. The van der Waals surface area contributed by atoms with Crippen molar-refractivity contribution in [1.29, 1.82) is 10.5 Å². The van der Waals surface area contributed by atoms with Crippen molar-refractivity contribution in [2.75, 3.05) is 0 Å². The van der Waals surface area contributed by atoms with Crippen LogP contribution in [0.2, 0.25) is 0 Å². The van der Waals surface area contributed by atoms with E-state index in [4.69, 9.17) is 15.0 Å². The molecule has 0 aliphatic heterocycles. The number of hydrogen-bond donors (Lipinski definition) is 0. The maximum atomic E-state index is 14.9. The second-order valence-corrected chi connectivity index (χ2v) is 15.4. The average molecular weight is 834 g/mol. The first-order valence-corrected chi connectivity index (χ1v) is 20.4. The van der Waals surface area contributed by atoms with Crippen LogP contribution in [0.25, 0.3) is 100 Å². The molecule has 10 heteroatoms. The summed E-state index contributed by atoms with van der Waals surface area (Å²) in [6, 6.07) is 60.2. The summed E-state index contributed by atoms with van der Waals surface area (Å²) in [4.78, 5) is 15.0. The van der Waals surface area contributed by atoms with E-state index in [1.807, 2.05) is 95.6 Å². The lowest BCUT2D eigenvalue weighted by atomic mass is 10.0. The zero-order valence-corrected chi connectivity index (χ0v) is 33.6. The van der Waals surface area contributed by atoms with Crippen LogP contribution in [0.15, 0.2) is 182 Å². The molecular weight excluding hydrogens is 804 g/mol. The molecular formula is C54H30F3N7. The van der Waals surface area contributed by atoms with Crippen molar-refractivity contribution >= 4 is 43.6 Å². The van der Waals surface area contributed by atoms with Crippen molar-refractivity contribution in [3.05, 3.63) is 199 Å². The maximum absolute atomic E-state index is 14.9. The van der Waals surface area contributed by atoms with Gasteiger partial charge in [-0.1, -0.05) is 103 Å². The molecule has 0 amide bonds. The molecule has 302 valence electrons. The van der Waals surface area contributed by atoms with Gasteiger partial charge in [-0.3, -0.25) is 4.57 Å². The van der Waals surface area contributed by atoms with E-state index < -0.39 is 11.7 Å². The SMILES string of the molecule is N#Cc1ccc2c(c1)c1cc(C#N)ccc1n2-c1nc(-c2ccccc2)nc(-c2cc(C(F)(F)F)ccc2-n2c3ccc(-c4ccccc4)cc3c3cc(-c4ccccc4)ccc32)n1. The molecule has 11 aromatic rings. The van der Waals surface area contributed by atoms with Gasteiger partial charge in [0.1, 0.15) is 0 Å². The Morgan fingerprint density at radius 2 is 0.859 bits per heavy atom. The second-order valence-electron chi connectivity index (χ2n) is 15.4. The predicted molar refractivity (Wildman–Crippen MR) is 245 cm³/mol. The lowest BCUT2D eigenvalue weighted by Gasteiger charge is -2.17. The summed E-state index contributed by atoms with van der Waals surface area (Å²) in [5, 5.41) is 22.9. The summed E-state index contributed by atoms with van der Waals surface area (Å²) in [6.07, 6.45) is -4.69. The first-order valence-electron chi connectivity index (χ1n) is 20.4. The fraction of sp³-hybridized carbons (Fsp3) is 0.0185. The highest BCUT2D eigenvalue weighted by molar-refractivity contribution is 6.12. The minimum atomic E-state index is -4.69. The Labute approximate surface area is 363 Å². The van der Waals surface area contributed by atoms with Gasteiger partial charge in [0.05, 0.1) is 56.6 Å². The molecule has 0 bridgehead atoms. The number of alkyl halides is 3. The third kappa shape index (κ3) is 6.41. The standard InChI is InChI=1S/C54H30F3N7/c55-54(56,57)40-20-25-50(63-46-23-18-38(35-10-4-1-5-11-35)28-43(46)44-29-39(19-24-47(44)63)36-12-6-2-7-13-36)45(30-40)52-60-51(37-14-8-3-9-15-37)61-53(62-52)64-48-21-16-33(31-58)26-41(48)42-27-34(32-59)17-22-49(42)64/h1-30H. The van der Waals surface area contributed by atoms with Crippen LogP contribution in [0.4, 0.5) is 13.2 Å². The van der Waals surface area contributed by atoms with Crippen LogP contribution in [-0.2, 0) is 6.18 Å². The van der Waals surface area contributed by atoms with Gasteiger partial charge >= 0.3 is 6.18 Å². The molecule has 11 rings (SSSR count). The fourth-order valence-electron chi connectivity index (χ4n) is 8.67. The molecule has 0 saturated heterocycles. The molecule has 0 aliphatic rings. The topological polar surface area (TPSA) is 96.1 Å². The van der Waals surface area contributed by atoms with Gasteiger partial charge in [-0.15, -0.1) is 0 Å². The van der Waals surface area contributed by atoms with Gasteiger partial charge in [0.2, 0.25) is 5.95 Å². The van der Waals surface area contributed by atoms with E-state index in [2.05, 4.69) is 48.5 Å². The third-order valence-electron chi connectivity index (χ3n) is 11.7. The summed E-state index contributed by atoms with van der Waals surface area (Å²) < 4.78 is 48.4. The summed E-state index contributed by atoms with van der Waals surface area (Å²) in [5.41, 5.74) is 8.05. The van der Waals surface area contributed by atoms with Crippen molar-refractivity contribution < 1.29 is 13.2 Å². The van der Waals surface area contributed by atoms with E-state index in [0.29, 0.717) is 44.2 Å². The number of hydrogen-bond acceptors (Lipinski definition) is 5. The van der Waals surface area contributed by atoms with Gasteiger partial charge in [-0.2, -0.15) is 33.7 Å². The zero-order chi connectivity index (χ0) is 43.5. The van der Waals surface area contributed by atoms with Gasteiger partial charge in [0.25, 0.3) is 0 Å². The van der Waals surface area contributed by atoms with E-state index >= 15 is 0 Å². The van der Waals surface area contributed by atoms with Crippen molar-refractivity contribution in [2.24, 2.45) is 0 Å². The van der Waals surface area contributed by atoms with Crippen LogP contribution < -0.4 is 0 Å². The van der Waals surface area contributed by atoms with Gasteiger partial charge < -0.3 is 4.57 Å². The molecule has 0 radical (unpaired) electrons. The Bertz CT molecular complexity index is 3560. The fourth-order valence-corrected chi connectivity index (χ4v) is 8.67. The number of nitrogens with zero attached hydrogens (tertiary/aromatic N) is 7. The lowest BCUT2D eigenvalue weighted by Crippen LogP contribution is -2.10. The molecule has 0 spiro atoms. The number of aromatic nitrogens is 5. The summed E-state index contributed by atoms with van der Waals surface area (Å²) in [6.45, 7) is 0. The quantitative estimate of drug-likeness (QED) is 0.166. The normalized spacial score (nSPS) is 11.6. The Morgan fingerprint density at radius 3 is 1.36 bits per heavy atom. The molecule has 0 aliphatic carbocycles. The van der Waals surface area contributed by atoms with E-state index in [0.717, 1.165) is 56.2 Å². The molecule has 7 nitrogen and oxygen atoms in total. The zero-order valence-electron chi connectivity index (χ0n) is 33.6. The lowest BCUT2D eigenvalue weighted by molar-refractivity contribution is -0.137. The van der Waals surface area contributed by atoms with E-state index in [1.54, 1.807) is 41.0 Å². The van der Waals surface area contributed by atoms with Crippen LogP contribution in [0.3, 0.4) is 0 Å². The van der Waals surface area contributed by atoms with E-state index in [-0.39, 0.29) is 23.2 Å². The maximum Gasteiger partial charge on any atom is 0.416 e. The Morgan fingerprint density at radius 1 is 0.406 bits per heavy atom. The van der Waals surface area contributed by atoms with Gasteiger partial charge in [0.15, 0.2) is 11.6 Å². The number of rotatable bonds is 6. The Kier molecular flexibility index (Phi) is 8.89. The molecule has 8 aromatic carbocycles. The van der Waals surface area contributed by atoms with Crippen molar-refractivity contribution in [3.8, 4) is 68.8 Å². The van der Waals surface area contributed by atoms with Crippen molar-refractivity contribution in [3.63, 3.8) is 0 Å². The predicted octanol–water partition coefficient (Wildman–Crippen LogP) is 13.5. The monoisotopic (exact) mass is 833 g/mol. The number of nitriles is 2. The number of fused-ring (bicyclic) bond motifs is 6. The Hall–Kier alpha value is -8.86. The molecule has 0 unspecified atom stereocenters. The molecule has 0 fully saturated rings. The highest BCUT2D eigenvalue weighted by atomic mass is 19.4. The molecule has 3 aromatic heterocycles. The number of halogens is 3. The van der Waals surface area contributed by atoms with Crippen molar-refractivity contribution in [2.45, 2.75) is 6.18 Å². The first-order chi connectivity index (χ1) is 31.2. The van der Waals surface area contributed by atoms with Crippen LogP contribution in [0.1, 0.15) is 16.7 Å². The van der Waals surface area contributed by atoms with Crippen molar-refractivity contribution in [1.82, 2.24) is 24.1 Å². The largest absolute Gasteiger partial charge is 0.416 e. The highest BCUT2D eigenvalue weighted by Gasteiger charge is 2.32. The smallest absolute Gasteiger partial charge is 0.309 e. The third-order valence-corrected chi connectivity index (χ3v) is 11.7. The molecule has 0 saturated carbocycles. The second kappa shape index (κ2) is 14.9. The van der Waals surface area contributed by atoms with Crippen LogP contribution >= 0.6 is 0 Å². The van der Waals surface area contributed by atoms with Gasteiger partial charge in [0, 0.05) is 32.7 Å². The molecule has 0 N–H and O–H groups in total. The first kappa shape index (κ1) is 38.1. The summed E-state index contributed by atoms with van der Waals surface area (Å²) in [7, 11) is 0. The summed E-state index contributed by atoms with van der Waals surface area (Å²) in [5.74, 6) is 0.395. The minimum Gasteiger partial charge on any atom is -0.309 e.